The van der Waals surface area contributed by atoms with Crippen molar-refractivity contribution in [3.63, 3.8) is 0 Å². The van der Waals surface area contributed by atoms with E-state index in [9.17, 15) is 4.79 Å². The SMILES string of the molecule is O=CC1CCC2CN(c3ncccn3)CCN2C1. The highest BCUT2D eigenvalue weighted by Gasteiger charge is 2.33. The number of fused-ring (bicyclic) bond motifs is 1. The largest absolute Gasteiger partial charge is 0.338 e. The topological polar surface area (TPSA) is 49.3 Å². The van der Waals surface area contributed by atoms with E-state index in [1.54, 1.807) is 12.4 Å². The van der Waals surface area contributed by atoms with Crippen LogP contribution >= 0.6 is 0 Å². The molecule has 0 aliphatic carbocycles. The Labute approximate surface area is 107 Å². The maximum Gasteiger partial charge on any atom is 0.225 e. The lowest BCUT2D eigenvalue weighted by Gasteiger charge is -2.45. The van der Waals surface area contributed by atoms with Gasteiger partial charge in [0.25, 0.3) is 0 Å². The Morgan fingerprint density at radius 2 is 2.00 bits per heavy atom. The number of rotatable bonds is 2. The second-order valence-corrected chi connectivity index (χ2v) is 5.12. The number of carbonyl (C=O) groups excluding carboxylic acids is 1. The average Bonchev–Trinajstić information content (AvgIpc) is 2.47. The summed E-state index contributed by atoms with van der Waals surface area (Å²) in [5, 5.41) is 0. The number of piperazine rings is 1. The number of aromatic nitrogens is 2. The molecule has 2 atom stereocenters. The summed E-state index contributed by atoms with van der Waals surface area (Å²) in [5.74, 6) is 1.07. The summed E-state index contributed by atoms with van der Waals surface area (Å²) in [4.78, 5) is 24.2. The molecule has 2 unspecified atom stereocenters. The predicted octanol–water partition coefficient (Wildman–Crippen LogP) is 0.576. The van der Waals surface area contributed by atoms with Crippen LogP contribution in [0.2, 0.25) is 0 Å². The Bertz CT molecular complexity index is 411. The normalized spacial score (nSPS) is 28.8. The molecule has 1 aromatic heterocycles. The molecule has 96 valence electrons. The standard InChI is InChI=1S/C13H18N4O/c18-10-11-2-3-12-9-17(7-6-16(12)8-11)13-14-4-1-5-15-13/h1,4-5,10-12H,2-3,6-9H2. The second-order valence-electron chi connectivity index (χ2n) is 5.12. The lowest BCUT2D eigenvalue weighted by atomic mass is 9.92. The van der Waals surface area contributed by atoms with Gasteiger partial charge in [-0.15, -0.1) is 0 Å². The molecule has 0 spiro atoms. The number of piperidine rings is 1. The minimum Gasteiger partial charge on any atom is -0.338 e. The second kappa shape index (κ2) is 5.02. The van der Waals surface area contributed by atoms with Gasteiger partial charge in [-0.1, -0.05) is 0 Å². The van der Waals surface area contributed by atoms with Crippen molar-refractivity contribution < 1.29 is 4.79 Å². The quantitative estimate of drug-likeness (QED) is 0.714. The summed E-state index contributed by atoms with van der Waals surface area (Å²) in [7, 11) is 0. The summed E-state index contributed by atoms with van der Waals surface area (Å²) in [6, 6.07) is 2.40. The molecule has 0 amide bonds. The van der Waals surface area contributed by atoms with E-state index in [4.69, 9.17) is 0 Å². The molecule has 0 aromatic carbocycles. The Kier molecular flexibility index (Phi) is 3.23. The van der Waals surface area contributed by atoms with Crippen LogP contribution in [0.25, 0.3) is 0 Å². The Balaban J connectivity index is 1.66. The number of aldehydes is 1. The smallest absolute Gasteiger partial charge is 0.225 e. The fourth-order valence-electron chi connectivity index (χ4n) is 2.95. The van der Waals surface area contributed by atoms with Crippen molar-refractivity contribution in [3.05, 3.63) is 18.5 Å². The van der Waals surface area contributed by atoms with Gasteiger partial charge in [-0.25, -0.2) is 9.97 Å². The van der Waals surface area contributed by atoms with Gasteiger partial charge in [0.1, 0.15) is 6.29 Å². The third-order valence-electron chi connectivity index (χ3n) is 3.97. The molecule has 5 heteroatoms. The molecule has 0 radical (unpaired) electrons. The van der Waals surface area contributed by atoms with Crippen LogP contribution in [-0.2, 0) is 4.79 Å². The molecule has 0 bridgehead atoms. The summed E-state index contributed by atoms with van der Waals surface area (Å²) >= 11 is 0. The lowest BCUT2D eigenvalue weighted by Crippen LogP contribution is -2.57. The molecule has 3 rings (SSSR count). The number of hydrogen-bond acceptors (Lipinski definition) is 5. The van der Waals surface area contributed by atoms with E-state index in [1.807, 2.05) is 6.07 Å². The number of hydrogen-bond donors (Lipinski definition) is 0. The fourth-order valence-corrected chi connectivity index (χ4v) is 2.95. The first-order valence-electron chi connectivity index (χ1n) is 6.58. The average molecular weight is 246 g/mol. The summed E-state index contributed by atoms with van der Waals surface area (Å²) < 4.78 is 0. The predicted molar refractivity (Wildman–Crippen MR) is 68.4 cm³/mol. The first-order chi connectivity index (χ1) is 8.86. The maximum atomic E-state index is 10.9. The van der Waals surface area contributed by atoms with E-state index >= 15 is 0 Å². The van der Waals surface area contributed by atoms with Crippen molar-refractivity contribution in [2.75, 3.05) is 31.1 Å². The Morgan fingerprint density at radius 3 is 2.78 bits per heavy atom. The fraction of sp³-hybridized carbons (Fsp3) is 0.615. The monoisotopic (exact) mass is 246 g/mol. The minimum atomic E-state index is 0.237. The molecule has 1 aromatic rings. The molecule has 2 aliphatic heterocycles. The first-order valence-corrected chi connectivity index (χ1v) is 6.58. The van der Waals surface area contributed by atoms with Gasteiger partial charge in [0.15, 0.2) is 0 Å². The molecular weight excluding hydrogens is 228 g/mol. The van der Waals surface area contributed by atoms with Crippen molar-refractivity contribution in [2.45, 2.75) is 18.9 Å². The van der Waals surface area contributed by atoms with E-state index in [-0.39, 0.29) is 5.92 Å². The maximum absolute atomic E-state index is 10.9. The van der Waals surface area contributed by atoms with Crippen LogP contribution in [0.5, 0.6) is 0 Å². The molecule has 2 aliphatic rings. The first kappa shape index (κ1) is 11.6. The van der Waals surface area contributed by atoms with E-state index in [2.05, 4.69) is 19.8 Å². The molecule has 2 saturated heterocycles. The highest BCUT2D eigenvalue weighted by Crippen LogP contribution is 2.25. The van der Waals surface area contributed by atoms with Crippen LogP contribution in [0.1, 0.15) is 12.8 Å². The van der Waals surface area contributed by atoms with Gasteiger partial charge in [0, 0.05) is 50.5 Å². The zero-order valence-corrected chi connectivity index (χ0v) is 10.4. The van der Waals surface area contributed by atoms with Crippen LogP contribution in [0.15, 0.2) is 18.5 Å². The number of anilines is 1. The molecule has 0 saturated carbocycles. The van der Waals surface area contributed by atoms with E-state index in [1.165, 1.54) is 0 Å². The van der Waals surface area contributed by atoms with Crippen molar-refractivity contribution in [2.24, 2.45) is 5.92 Å². The molecule has 5 nitrogen and oxygen atoms in total. The Morgan fingerprint density at radius 1 is 1.17 bits per heavy atom. The van der Waals surface area contributed by atoms with Crippen molar-refractivity contribution in [1.82, 2.24) is 14.9 Å². The highest BCUT2D eigenvalue weighted by molar-refractivity contribution is 5.54. The zero-order valence-electron chi connectivity index (χ0n) is 10.4. The molecule has 18 heavy (non-hydrogen) atoms. The van der Waals surface area contributed by atoms with Gasteiger partial charge in [-0.2, -0.15) is 0 Å². The van der Waals surface area contributed by atoms with Crippen LogP contribution in [0, 0.1) is 5.92 Å². The van der Waals surface area contributed by atoms with Gasteiger partial charge in [0.2, 0.25) is 5.95 Å². The van der Waals surface area contributed by atoms with Crippen LogP contribution in [0.3, 0.4) is 0 Å². The van der Waals surface area contributed by atoms with Crippen LogP contribution in [-0.4, -0.2) is 53.4 Å². The molecule has 2 fully saturated rings. The Hall–Kier alpha value is -1.49. The van der Waals surface area contributed by atoms with Gasteiger partial charge >= 0.3 is 0 Å². The van der Waals surface area contributed by atoms with Gasteiger partial charge in [0.05, 0.1) is 0 Å². The van der Waals surface area contributed by atoms with Crippen molar-refractivity contribution in [1.29, 1.82) is 0 Å². The van der Waals surface area contributed by atoms with E-state index < -0.39 is 0 Å². The summed E-state index contributed by atoms with van der Waals surface area (Å²) in [6.45, 7) is 3.87. The van der Waals surface area contributed by atoms with Crippen LogP contribution in [0.4, 0.5) is 5.95 Å². The third kappa shape index (κ3) is 2.22. The number of carbonyl (C=O) groups is 1. The van der Waals surface area contributed by atoms with E-state index in [0.717, 1.165) is 51.3 Å². The molecular formula is C13H18N4O. The zero-order chi connectivity index (χ0) is 12.4. The summed E-state index contributed by atoms with van der Waals surface area (Å²) in [6.07, 6.45) is 6.82. The van der Waals surface area contributed by atoms with E-state index in [0.29, 0.717) is 6.04 Å². The number of nitrogens with zero attached hydrogens (tertiary/aromatic N) is 4. The lowest BCUT2D eigenvalue weighted by molar-refractivity contribution is -0.113. The minimum absolute atomic E-state index is 0.237. The van der Waals surface area contributed by atoms with Gasteiger partial charge < -0.3 is 9.69 Å². The van der Waals surface area contributed by atoms with Crippen LogP contribution < -0.4 is 4.90 Å². The molecule has 0 N–H and O–H groups in total. The van der Waals surface area contributed by atoms with Gasteiger partial charge in [-0.3, -0.25) is 4.90 Å². The summed E-state index contributed by atoms with van der Waals surface area (Å²) in [5.41, 5.74) is 0. The third-order valence-corrected chi connectivity index (χ3v) is 3.97. The van der Waals surface area contributed by atoms with Crippen molar-refractivity contribution >= 4 is 12.2 Å². The van der Waals surface area contributed by atoms with Crippen molar-refractivity contribution in [3.8, 4) is 0 Å². The van der Waals surface area contributed by atoms with Gasteiger partial charge in [-0.05, 0) is 18.9 Å². The highest BCUT2D eigenvalue weighted by atomic mass is 16.1. The molecule has 3 heterocycles.